The van der Waals surface area contributed by atoms with E-state index in [0.717, 1.165) is 11.1 Å². The van der Waals surface area contributed by atoms with Crippen LogP contribution in [-0.2, 0) is 6.54 Å². The maximum Gasteiger partial charge on any atom is 0.256 e. The topological polar surface area (TPSA) is 40.6 Å². The van der Waals surface area contributed by atoms with Crippen LogP contribution in [0.2, 0.25) is 0 Å². The van der Waals surface area contributed by atoms with E-state index < -0.39 is 0 Å². The van der Waals surface area contributed by atoms with E-state index in [1.165, 1.54) is 0 Å². The standard InChI is InChI=1S/C17H14N2O2/c1-18-15-13-8-4-5-9-14(13)17(21)19(15)10-11-6-2-3-7-12(11)16(18)20/h2-9,15H,10H2,1H3. The molecule has 2 aromatic carbocycles. The molecule has 0 fully saturated rings. The van der Waals surface area contributed by atoms with Gasteiger partial charge in [-0.1, -0.05) is 36.4 Å². The molecule has 4 rings (SSSR count). The first-order chi connectivity index (χ1) is 10.2. The number of carbonyl (C=O) groups is 2. The van der Waals surface area contributed by atoms with Crippen molar-refractivity contribution in [1.82, 2.24) is 9.80 Å². The lowest BCUT2D eigenvalue weighted by molar-refractivity contribution is 0.0414. The molecule has 0 spiro atoms. The van der Waals surface area contributed by atoms with Crippen molar-refractivity contribution in [1.29, 1.82) is 0 Å². The number of carbonyl (C=O) groups excluding carboxylic acids is 2. The van der Waals surface area contributed by atoms with Crippen LogP contribution in [0.25, 0.3) is 0 Å². The fourth-order valence-corrected chi connectivity index (χ4v) is 3.28. The third-order valence-electron chi connectivity index (χ3n) is 4.30. The molecular weight excluding hydrogens is 264 g/mol. The lowest BCUT2D eigenvalue weighted by Crippen LogP contribution is -2.37. The van der Waals surface area contributed by atoms with Crippen LogP contribution in [0.5, 0.6) is 0 Å². The van der Waals surface area contributed by atoms with Crippen LogP contribution in [0.1, 0.15) is 38.0 Å². The van der Waals surface area contributed by atoms with Gasteiger partial charge in [0, 0.05) is 30.3 Å². The Balaban J connectivity index is 1.91. The van der Waals surface area contributed by atoms with E-state index in [0.29, 0.717) is 17.7 Å². The summed E-state index contributed by atoms with van der Waals surface area (Å²) in [5.41, 5.74) is 3.19. The second kappa shape index (κ2) is 4.19. The zero-order valence-corrected chi connectivity index (χ0v) is 11.6. The molecule has 0 saturated carbocycles. The summed E-state index contributed by atoms with van der Waals surface area (Å²) in [5, 5.41) is 0. The number of hydrogen-bond donors (Lipinski definition) is 0. The SMILES string of the molecule is CN1C(=O)c2ccccc2CN2C(=O)c3ccccc3C12. The number of benzene rings is 2. The molecule has 2 amide bonds. The summed E-state index contributed by atoms with van der Waals surface area (Å²) in [6.07, 6.45) is -0.311. The predicted molar refractivity (Wildman–Crippen MR) is 77.6 cm³/mol. The lowest BCUT2D eigenvalue weighted by Gasteiger charge is -2.30. The first-order valence-electron chi connectivity index (χ1n) is 6.93. The Morgan fingerprint density at radius 2 is 1.57 bits per heavy atom. The normalized spacial score (nSPS) is 20.0. The summed E-state index contributed by atoms with van der Waals surface area (Å²) in [7, 11) is 1.76. The highest BCUT2D eigenvalue weighted by atomic mass is 16.2. The molecule has 0 aromatic heterocycles. The Hall–Kier alpha value is -2.62. The molecule has 4 nitrogen and oxygen atoms in total. The average molecular weight is 278 g/mol. The number of hydrogen-bond acceptors (Lipinski definition) is 2. The Kier molecular flexibility index (Phi) is 2.42. The first-order valence-corrected chi connectivity index (χ1v) is 6.93. The highest BCUT2D eigenvalue weighted by Gasteiger charge is 2.42. The van der Waals surface area contributed by atoms with Crippen LogP contribution in [0.15, 0.2) is 48.5 Å². The molecule has 21 heavy (non-hydrogen) atoms. The monoisotopic (exact) mass is 278 g/mol. The summed E-state index contributed by atoms with van der Waals surface area (Å²) in [6, 6.07) is 15.0. The molecule has 0 N–H and O–H groups in total. The van der Waals surface area contributed by atoms with Gasteiger partial charge < -0.3 is 9.80 Å². The second-order valence-electron chi connectivity index (χ2n) is 5.47. The fraction of sp³-hybridized carbons (Fsp3) is 0.176. The number of nitrogens with zero attached hydrogens (tertiary/aromatic N) is 2. The van der Waals surface area contributed by atoms with Gasteiger partial charge in [-0.25, -0.2) is 0 Å². The summed E-state index contributed by atoms with van der Waals surface area (Å²) in [5.74, 6) is -0.0467. The smallest absolute Gasteiger partial charge is 0.256 e. The summed E-state index contributed by atoms with van der Waals surface area (Å²) in [6.45, 7) is 0.463. The fourth-order valence-electron chi connectivity index (χ4n) is 3.28. The maximum absolute atomic E-state index is 12.7. The van der Waals surface area contributed by atoms with E-state index in [1.807, 2.05) is 48.5 Å². The molecule has 2 heterocycles. The third kappa shape index (κ3) is 1.56. The van der Waals surface area contributed by atoms with Gasteiger partial charge in [-0.3, -0.25) is 9.59 Å². The van der Waals surface area contributed by atoms with Crippen LogP contribution < -0.4 is 0 Å². The van der Waals surface area contributed by atoms with Crippen molar-refractivity contribution in [2.75, 3.05) is 7.05 Å². The largest absolute Gasteiger partial charge is 0.317 e. The maximum atomic E-state index is 12.7. The summed E-state index contributed by atoms with van der Waals surface area (Å²) < 4.78 is 0. The van der Waals surface area contributed by atoms with Crippen molar-refractivity contribution in [2.24, 2.45) is 0 Å². The minimum absolute atomic E-state index is 0.00745. The van der Waals surface area contributed by atoms with Crippen molar-refractivity contribution < 1.29 is 9.59 Å². The van der Waals surface area contributed by atoms with E-state index in [-0.39, 0.29) is 18.0 Å². The molecule has 0 aliphatic carbocycles. The zero-order chi connectivity index (χ0) is 14.6. The minimum atomic E-state index is -0.311. The Bertz CT molecular complexity index is 769. The lowest BCUT2D eigenvalue weighted by atomic mass is 10.1. The quantitative estimate of drug-likeness (QED) is 0.742. The Morgan fingerprint density at radius 1 is 0.905 bits per heavy atom. The Labute approximate surface area is 122 Å². The van der Waals surface area contributed by atoms with E-state index in [1.54, 1.807) is 16.8 Å². The van der Waals surface area contributed by atoms with Gasteiger partial charge in [0.15, 0.2) is 0 Å². The zero-order valence-electron chi connectivity index (χ0n) is 11.6. The van der Waals surface area contributed by atoms with Gasteiger partial charge in [0.1, 0.15) is 6.17 Å². The van der Waals surface area contributed by atoms with E-state index >= 15 is 0 Å². The van der Waals surface area contributed by atoms with Crippen molar-refractivity contribution in [2.45, 2.75) is 12.7 Å². The molecule has 1 unspecified atom stereocenters. The first kappa shape index (κ1) is 12.1. The Morgan fingerprint density at radius 3 is 2.38 bits per heavy atom. The van der Waals surface area contributed by atoms with Gasteiger partial charge in [-0.2, -0.15) is 0 Å². The van der Waals surface area contributed by atoms with Crippen molar-refractivity contribution in [3.63, 3.8) is 0 Å². The van der Waals surface area contributed by atoms with Crippen molar-refractivity contribution in [3.8, 4) is 0 Å². The van der Waals surface area contributed by atoms with E-state index in [4.69, 9.17) is 0 Å². The van der Waals surface area contributed by atoms with Crippen LogP contribution >= 0.6 is 0 Å². The molecule has 0 saturated heterocycles. The van der Waals surface area contributed by atoms with Crippen LogP contribution in [0.4, 0.5) is 0 Å². The van der Waals surface area contributed by atoms with Crippen molar-refractivity contribution in [3.05, 3.63) is 70.8 Å². The van der Waals surface area contributed by atoms with Gasteiger partial charge in [-0.15, -0.1) is 0 Å². The van der Waals surface area contributed by atoms with Gasteiger partial charge in [0.25, 0.3) is 11.8 Å². The van der Waals surface area contributed by atoms with Crippen molar-refractivity contribution >= 4 is 11.8 Å². The summed E-state index contributed by atoms with van der Waals surface area (Å²) >= 11 is 0. The molecule has 2 aliphatic heterocycles. The molecule has 0 radical (unpaired) electrons. The molecule has 4 heteroatoms. The molecule has 1 atom stereocenters. The van der Waals surface area contributed by atoms with Crippen LogP contribution in [0, 0.1) is 0 Å². The molecule has 2 aliphatic rings. The van der Waals surface area contributed by atoms with Gasteiger partial charge in [-0.05, 0) is 17.7 Å². The van der Waals surface area contributed by atoms with E-state index in [2.05, 4.69) is 0 Å². The van der Waals surface area contributed by atoms with Gasteiger partial charge >= 0.3 is 0 Å². The highest BCUT2D eigenvalue weighted by molar-refractivity contribution is 6.02. The summed E-state index contributed by atoms with van der Waals surface area (Å²) in [4.78, 5) is 28.8. The van der Waals surface area contributed by atoms with Gasteiger partial charge in [0.05, 0.1) is 0 Å². The number of amides is 2. The van der Waals surface area contributed by atoms with Gasteiger partial charge in [0.2, 0.25) is 0 Å². The van der Waals surface area contributed by atoms with E-state index in [9.17, 15) is 9.59 Å². The van der Waals surface area contributed by atoms with Crippen LogP contribution in [0.3, 0.4) is 0 Å². The number of fused-ring (bicyclic) bond motifs is 4. The number of rotatable bonds is 0. The molecular formula is C17H14N2O2. The minimum Gasteiger partial charge on any atom is -0.317 e. The average Bonchev–Trinajstić information content (AvgIpc) is 2.73. The highest BCUT2D eigenvalue weighted by Crippen LogP contribution is 2.39. The third-order valence-corrected chi connectivity index (χ3v) is 4.30. The molecule has 0 bridgehead atoms. The molecule has 2 aromatic rings. The second-order valence-corrected chi connectivity index (χ2v) is 5.47. The predicted octanol–water partition coefficient (Wildman–Crippen LogP) is 2.43. The van der Waals surface area contributed by atoms with Crippen LogP contribution in [-0.4, -0.2) is 28.7 Å². The molecule has 104 valence electrons.